The van der Waals surface area contributed by atoms with Gasteiger partial charge in [-0.3, -0.25) is 0 Å². The highest BCUT2D eigenvalue weighted by Crippen LogP contribution is 2.49. The van der Waals surface area contributed by atoms with Gasteiger partial charge in [0, 0.05) is 16.5 Å². The van der Waals surface area contributed by atoms with E-state index in [2.05, 4.69) is 17.6 Å². The average Bonchev–Trinajstić information content (AvgIpc) is 3.42. The molecule has 4 atom stereocenters. The monoisotopic (exact) mass is 428 g/mol. The zero-order valence-corrected chi connectivity index (χ0v) is 18.8. The normalized spacial score (nSPS) is 23.6. The Hall–Kier alpha value is -1.92. The van der Waals surface area contributed by atoms with E-state index < -0.39 is 0 Å². The number of rotatable bonds is 5. The van der Waals surface area contributed by atoms with Crippen LogP contribution in [0.15, 0.2) is 30.3 Å². The number of nitrogens with one attached hydrogen (secondary N) is 2. The number of methoxy groups -OCH3 is 1. The zero-order chi connectivity index (χ0) is 20.5. The molecular weight excluding hydrogens is 400 g/mol. The van der Waals surface area contributed by atoms with Crippen LogP contribution in [0.2, 0.25) is 0 Å². The van der Waals surface area contributed by atoms with Gasteiger partial charge in [-0.05, 0) is 68.6 Å². The Morgan fingerprint density at radius 1 is 1.24 bits per heavy atom. The summed E-state index contributed by atoms with van der Waals surface area (Å²) < 4.78 is 5.09. The van der Waals surface area contributed by atoms with Crippen molar-refractivity contribution >= 4 is 39.6 Å². The minimum atomic E-state index is -0.348. The Bertz CT molecular complexity index is 909. The highest BCUT2D eigenvalue weighted by molar-refractivity contribution is 7.80. The van der Waals surface area contributed by atoms with E-state index in [0.29, 0.717) is 22.6 Å². The molecule has 154 valence electrons. The number of thiophene rings is 1. The van der Waals surface area contributed by atoms with Crippen molar-refractivity contribution in [2.45, 2.75) is 45.6 Å². The standard InChI is InChI=1S/C23H28N2O2S2/c1-13(18-12-15-9-10-17(18)11-15)24-23(28)25-21-20(22(26)27-3)19(14(2)29-21)16-7-5-4-6-8-16/h4-8,13,15,17-18H,9-12H2,1-3H3,(H2,24,25,28). The van der Waals surface area contributed by atoms with Gasteiger partial charge in [0.05, 0.1) is 7.11 Å². The molecule has 1 aromatic heterocycles. The van der Waals surface area contributed by atoms with Crippen LogP contribution in [0.5, 0.6) is 0 Å². The fourth-order valence-electron chi connectivity index (χ4n) is 5.24. The maximum Gasteiger partial charge on any atom is 0.341 e. The molecule has 0 spiro atoms. The first-order valence-electron chi connectivity index (χ1n) is 10.3. The predicted molar refractivity (Wildman–Crippen MR) is 124 cm³/mol. The van der Waals surface area contributed by atoms with Gasteiger partial charge in [-0.2, -0.15) is 0 Å². The second kappa shape index (κ2) is 8.44. The van der Waals surface area contributed by atoms with Gasteiger partial charge in [0.25, 0.3) is 0 Å². The van der Waals surface area contributed by atoms with Crippen molar-refractivity contribution in [3.63, 3.8) is 0 Å². The molecule has 0 radical (unpaired) electrons. The molecule has 2 bridgehead atoms. The lowest BCUT2D eigenvalue weighted by atomic mass is 9.84. The van der Waals surface area contributed by atoms with Crippen molar-refractivity contribution in [2.24, 2.45) is 17.8 Å². The number of carbonyl (C=O) groups excluding carboxylic acids is 1. The van der Waals surface area contributed by atoms with Crippen LogP contribution < -0.4 is 10.6 Å². The highest BCUT2D eigenvalue weighted by atomic mass is 32.1. The molecular formula is C23H28N2O2S2. The Morgan fingerprint density at radius 2 is 2.00 bits per heavy atom. The van der Waals surface area contributed by atoms with Crippen LogP contribution in [0.3, 0.4) is 0 Å². The highest BCUT2D eigenvalue weighted by Gasteiger charge is 2.42. The Labute approximate surface area is 182 Å². The van der Waals surface area contributed by atoms with E-state index in [1.54, 1.807) is 0 Å². The summed E-state index contributed by atoms with van der Waals surface area (Å²) in [5, 5.41) is 8.09. The lowest BCUT2D eigenvalue weighted by Gasteiger charge is -2.29. The van der Waals surface area contributed by atoms with E-state index in [4.69, 9.17) is 17.0 Å². The smallest absolute Gasteiger partial charge is 0.341 e. The fraction of sp³-hybridized carbons (Fsp3) is 0.478. The summed E-state index contributed by atoms with van der Waals surface area (Å²) in [5.41, 5.74) is 2.47. The zero-order valence-electron chi connectivity index (χ0n) is 17.2. The second-order valence-electron chi connectivity index (χ2n) is 8.32. The van der Waals surface area contributed by atoms with Gasteiger partial charge in [-0.25, -0.2) is 4.79 Å². The maximum atomic E-state index is 12.6. The summed E-state index contributed by atoms with van der Waals surface area (Å²) >= 11 is 7.16. The number of anilines is 1. The predicted octanol–water partition coefficient (Wildman–Crippen LogP) is 5.62. The Kier molecular flexibility index (Phi) is 5.93. The summed E-state index contributed by atoms with van der Waals surface area (Å²) in [6, 6.07) is 10.3. The molecule has 2 aliphatic carbocycles. The molecule has 2 fully saturated rings. The van der Waals surface area contributed by atoms with Crippen LogP contribution in [0.4, 0.5) is 5.00 Å². The fourth-order valence-corrected chi connectivity index (χ4v) is 6.66. The quantitative estimate of drug-likeness (QED) is 0.478. The lowest BCUT2D eigenvalue weighted by Crippen LogP contribution is -2.42. The molecule has 4 unspecified atom stereocenters. The number of fused-ring (bicyclic) bond motifs is 2. The number of ether oxygens (including phenoxy) is 1. The van der Waals surface area contributed by atoms with Gasteiger partial charge in [0.2, 0.25) is 0 Å². The van der Waals surface area contributed by atoms with Crippen LogP contribution in [0.25, 0.3) is 11.1 Å². The summed E-state index contributed by atoms with van der Waals surface area (Å²) in [6.45, 7) is 4.26. The number of hydrogen-bond donors (Lipinski definition) is 2. The number of esters is 1. The average molecular weight is 429 g/mol. The lowest BCUT2D eigenvalue weighted by molar-refractivity contribution is 0.0603. The van der Waals surface area contributed by atoms with Gasteiger partial charge in [-0.1, -0.05) is 36.8 Å². The van der Waals surface area contributed by atoms with Gasteiger partial charge in [-0.15, -0.1) is 11.3 Å². The van der Waals surface area contributed by atoms with Crippen molar-refractivity contribution in [3.05, 3.63) is 40.8 Å². The summed E-state index contributed by atoms with van der Waals surface area (Å²) in [4.78, 5) is 13.7. The molecule has 0 saturated heterocycles. The molecule has 2 aromatic rings. The van der Waals surface area contributed by atoms with E-state index >= 15 is 0 Å². The molecule has 2 N–H and O–H groups in total. The van der Waals surface area contributed by atoms with E-state index in [0.717, 1.165) is 32.8 Å². The molecule has 0 amide bonds. The third-order valence-corrected chi connectivity index (χ3v) is 7.80. The maximum absolute atomic E-state index is 12.6. The van der Waals surface area contributed by atoms with Crippen LogP contribution in [0.1, 0.15) is 47.8 Å². The van der Waals surface area contributed by atoms with Crippen LogP contribution in [-0.4, -0.2) is 24.2 Å². The third-order valence-electron chi connectivity index (χ3n) is 6.56. The van der Waals surface area contributed by atoms with Crippen molar-refractivity contribution in [1.82, 2.24) is 5.32 Å². The molecule has 4 nitrogen and oxygen atoms in total. The molecule has 0 aliphatic heterocycles. The van der Waals surface area contributed by atoms with Crippen molar-refractivity contribution in [1.29, 1.82) is 0 Å². The largest absolute Gasteiger partial charge is 0.465 e. The number of carbonyl (C=O) groups is 1. The molecule has 2 saturated carbocycles. The number of benzene rings is 1. The van der Waals surface area contributed by atoms with Gasteiger partial charge in [0.1, 0.15) is 10.6 Å². The van der Waals surface area contributed by atoms with Crippen LogP contribution >= 0.6 is 23.6 Å². The first kappa shape index (κ1) is 20.4. The van der Waals surface area contributed by atoms with Gasteiger partial charge in [0.15, 0.2) is 5.11 Å². The summed E-state index contributed by atoms with van der Waals surface area (Å²) in [5.74, 6) is 2.10. The number of aryl methyl sites for hydroxylation is 1. The van der Waals surface area contributed by atoms with Crippen molar-refractivity contribution in [2.75, 3.05) is 12.4 Å². The topological polar surface area (TPSA) is 50.4 Å². The van der Waals surface area contributed by atoms with Crippen LogP contribution in [-0.2, 0) is 4.74 Å². The third kappa shape index (κ3) is 4.05. The molecule has 4 rings (SSSR count). The van der Waals surface area contributed by atoms with Crippen LogP contribution in [0, 0.1) is 24.7 Å². The number of thiocarbonyl (C=S) groups is 1. The van der Waals surface area contributed by atoms with E-state index in [1.807, 2.05) is 37.3 Å². The minimum absolute atomic E-state index is 0.335. The van der Waals surface area contributed by atoms with Gasteiger partial charge >= 0.3 is 5.97 Å². The first-order valence-corrected chi connectivity index (χ1v) is 11.5. The molecule has 29 heavy (non-hydrogen) atoms. The molecule has 6 heteroatoms. The molecule has 1 aromatic carbocycles. The Morgan fingerprint density at radius 3 is 2.62 bits per heavy atom. The Balaban J connectivity index is 1.53. The van der Waals surface area contributed by atoms with E-state index in [-0.39, 0.29) is 5.97 Å². The SMILES string of the molecule is COC(=O)c1c(NC(=S)NC(C)C2CC3CCC2C3)sc(C)c1-c1ccccc1. The minimum Gasteiger partial charge on any atom is -0.465 e. The summed E-state index contributed by atoms with van der Waals surface area (Å²) in [7, 11) is 1.42. The summed E-state index contributed by atoms with van der Waals surface area (Å²) in [6.07, 6.45) is 5.45. The molecule has 1 heterocycles. The van der Waals surface area contributed by atoms with E-state index in [9.17, 15) is 4.79 Å². The number of hydrogen-bond acceptors (Lipinski definition) is 4. The first-order chi connectivity index (χ1) is 14.0. The van der Waals surface area contributed by atoms with Crippen molar-refractivity contribution in [3.8, 4) is 11.1 Å². The molecule has 2 aliphatic rings. The van der Waals surface area contributed by atoms with Gasteiger partial charge < -0.3 is 15.4 Å². The second-order valence-corrected chi connectivity index (χ2v) is 9.95. The van der Waals surface area contributed by atoms with Crippen molar-refractivity contribution < 1.29 is 9.53 Å². The van der Waals surface area contributed by atoms with E-state index in [1.165, 1.54) is 44.1 Å².